The molecule has 0 aliphatic carbocycles. The molecule has 29 nitrogen and oxygen atoms in total. The van der Waals surface area contributed by atoms with Crippen molar-refractivity contribution in [3.8, 4) is 80.1 Å². The number of hydrogen-bond acceptors (Lipinski definition) is 22. The van der Waals surface area contributed by atoms with Gasteiger partial charge in [0, 0.05) is 34.7 Å². The van der Waals surface area contributed by atoms with Crippen molar-refractivity contribution in [2.24, 2.45) is 11.1 Å². The number of aromatic hydroxyl groups is 6. The number of carbonyl (C=O) groups is 8. The summed E-state index contributed by atoms with van der Waals surface area (Å²) in [4.78, 5) is 127. The molecule has 8 aromatic carbocycles. The maximum absolute atomic E-state index is 16.0. The lowest BCUT2D eigenvalue weighted by Gasteiger charge is -2.31. The lowest BCUT2D eigenvalue weighted by molar-refractivity contribution is -0.146. The second-order valence-electron chi connectivity index (χ2n) is 24.9. The summed E-state index contributed by atoms with van der Waals surface area (Å²) >= 11 is 0. The van der Waals surface area contributed by atoms with Crippen molar-refractivity contribution in [1.29, 1.82) is 0 Å². The number of ether oxygens (including phenoxy) is 4. The van der Waals surface area contributed by atoms with Gasteiger partial charge in [-0.05, 0) is 131 Å². The Morgan fingerprint density at radius 2 is 1.04 bits per heavy atom. The molecule has 102 heavy (non-hydrogen) atoms. The Kier molecular flexibility index (Phi) is 19.3. The smallest absolute Gasteiger partial charge is 0.333 e. The van der Waals surface area contributed by atoms with Crippen molar-refractivity contribution >= 4 is 53.0 Å². The fourth-order valence-corrected chi connectivity index (χ4v) is 12.1. The molecule has 0 saturated carbocycles. The summed E-state index contributed by atoms with van der Waals surface area (Å²) < 4.78 is 23.9. The SMILES string of the molecule is COC(=O)[C@H]1NC(=O)[C@H]2NC(=O)[C@H](NC(=O)[C@@H]3NC(=O)[C@H]4NC(=O)[C@H](NC(=O)[C@@H](NC(=O)/C(CC(C)C)=N/OCc5ccccc5)c5ccc(O)c(c5)Oc5cc4cc(O)c5C)[C@H](O)c4ccc(cc4)Oc4cc3cc(c4O)Oc3ccc(cc3)[C@H]2O)c2ccc(O)c(c2)-c2c(O)cc(O)cc21. The Hall–Kier alpha value is -12.9. The first kappa shape index (κ1) is 69.0. The van der Waals surface area contributed by atoms with Crippen molar-refractivity contribution < 1.29 is 103 Å². The van der Waals surface area contributed by atoms with Crippen molar-refractivity contribution in [3.05, 3.63) is 202 Å². The van der Waals surface area contributed by atoms with E-state index in [1.165, 1.54) is 73.7 Å². The average molecular weight is 1390 g/mol. The number of aliphatic hydroxyl groups excluding tert-OH is 2. The van der Waals surface area contributed by atoms with Gasteiger partial charge >= 0.3 is 5.97 Å². The van der Waals surface area contributed by atoms with E-state index in [9.17, 15) is 55.2 Å². The minimum absolute atomic E-state index is 0.0178. The highest BCUT2D eigenvalue weighted by Crippen LogP contribution is 2.47. The normalized spacial score (nSPS) is 21.1. The molecule has 29 heteroatoms. The summed E-state index contributed by atoms with van der Waals surface area (Å²) in [5.74, 6) is -15.7. The zero-order valence-corrected chi connectivity index (χ0v) is 54.5. The molecular weight excluding hydrogens is 1320 g/mol. The highest BCUT2D eigenvalue weighted by atomic mass is 16.6. The second-order valence-corrected chi connectivity index (χ2v) is 24.9. The van der Waals surface area contributed by atoms with Crippen LogP contribution in [-0.2, 0) is 54.5 Å². The predicted octanol–water partition coefficient (Wildman–Crippen LogP) is 6.34. The molecule has 0 fully saturated rings. The number of esters is 1. The van der Waals surface area contributed by atoms with Gasteiger partial charge in [0.1, 0.15) is 101 Å². The number of carbonyl (C=O) groups excluding carboxylic acids is 8. The molecule has 8 aromatic rings. The third kappa shape index (κ3) is 14.2. The van der Waals surface area contributed by atoms with Gasteiger partial charge in [-0.2, -0.15) is 0 Å². The van der Waals surface area contributed by atoms with Gasteiger partial charge in [0.05, 0.1) is 7.11 Å². The van der Waals surface area contributed by atoms with Gasteiger partial charge in [-0.15, -0.1) is 0 Å². The van der Waals surface area contributed by atoms with Crippen LogP contribution in [-0.4, -0.2) is 113 Å². The molecule has 7 amide bonds. The standard InChI is InChI=1S/C73H66N8O21/c1-32(2)22-46(81-99-31-34-8-6-5-7-9-34)66(90)74-57-38-15-21-48(84)52(25-38)102-51-26-39(24-49(85)33(51)3)58-69(93)76-59-40-27-53(100-42-16-10-35(11-17-42)63(87)61(71(95)77-58)79-68(57)92)65(89)54(28-40)101-43-18-12-36(13-19-43)64(88)62-72(96)78-60(73(97)98-4)45-29-41(82)30-50(86)55(45)44-23-37(14-20-47(44)83)56(67(91)80-62)75-70(59)94/h5-21,23-30,32,56-64,82-89H,22,31H2,1-4H3,(H,74,90)(H,75,94)(H,76,93)(H,77,95)(H,78,96)(H,79,92)(H,80,91)/b81-46+/t56-,57+,58+,59-,60+,61-,62+,63-,64-/m1/s1. The highest BCUT2D eigenvalue weighted by Gasteiger charge is 2.43. The average Bonchev–Trinajstić information content (AvgIpc) is 0.768. The third-order valence-corrected chi connectivity index (χ3v) is 17.4. The van der Waals surface area contributed by atoms with Crippen LogP contribution < -0.4 is 51.4 Å². The number of benzene rings is 8. The number of aliphatic hydroxyl groups is 2. The van der Waals surface area contributed by atoms with E-state index in [0.29, 0.717) is 0 Å². The van der Waals surface area contributed by atoms with Gasteiger partial charge in [-0.1, -0.05) is 85.7 Å². The number of nitrogens with zero attached hydrogens (tertiary/aromatic N) is 1. The predicted molar refractivity (Wildman–Crippen MR) is 357 cm³/mol. The fourth-order valence-electron chi connectivity index (χ4n) is 12.1. The zero-order chi connectivity index (χ0) is 72.5. The highest BCUT2D eigenvalue weighted by molar-refractivity contribution is 6.39. The Bertz CT molecular complexity index is 4720. The van der Waals surface area contributed by atoms with E-state index >= 15 is 24.0 Å². The molecule has 0 radical (unpaired) electrons. The molecule has 6 aliphatic heterocycles. The molecule has 6 heterocycles. The Labute approximate surface area is 579 Å². The van der Waals surface area contributed by atoms with E-state index in [1.807, 2.05) is 13.8 Å². The van der Waals surface area contributed by atoms with Crippen LogP contribution in [0.15, 0.2) is 157 Å². The molecule has 15 N–H and O–H groups in total. The summed E-state index contributed by atoms with van der Waals surface area (Å²) in [5, 5.41) is 116. The summed E-state index contributed by atoms with van der Waals surface area (Å²) in [6.07, 6.45) is -4.07. The molecule has 14 rings (SSSR count). The van der Waals surface area contributed by atoms with Crippen molar-refractivity contribution in [1.82, 2.24) is 37.2 Å². The van der Waals surface area contributed by atoms with E-state index in [2.05, 4.69) is 42.4 Å². The van der Waals surface area contributed by atoms with E-state index in [1.54, 1.807) is 30.3 Å². The number of rotatable bonds is 8. The maximum Gasteiger partial charge on any atom is 0.333 e. The molecular formula is C73H66N8O21. The van der Waals surface area contributed by atoms with Crippen LogP contribution in [0.3, 0.4) is 0 Å². The van der Waals surface area contributed by atoms with Crippen LogP contribution in [0.4, 0.5) is 0 Å². The van der Waals surface area contributed by atoms with E-state index in [-0.39, 0.29) is 97.7 Å². The number of nitrogens with one attached hydrogen (secondary N) is 7. The fraction of sp³-hybridized carbons (Fsp3) is 0.219. The third-order valence-electron chi connectivity index (χ3n) is 17.4. The van der Waals surface area contributed by atoms with Crippen LogP contribution in [0.5, 0.6) is 69.0 Å². The van der Waals surface area contributed by atoms with E-state index in [0.717, 1.165) is 67.3 Å². The van der Waals surface area contributed by atoms with Gasteiger partial charge < -0.3 is 102 Å². The Morgan fingerprint density at radius 1 is 0.520 bits per heavy atom. The van der Waals surface area contributed by atoms with Gasteiger partial charge in [0.25, 0.3) is 5.91 Å². The lowest BCUT2D eigenvalue weighted by atomic mass is 9.89. The number of oxime groups is 1. The topological polar surface area (TPSA) is 441 Å². The number of fused-ring (bicyclic) bond motifs is 14. The van der Waals surface area contributed by atoms with Crippen LogP contribution >= 0.6 is 0 Å². The first-order chi connectivity index (χ1) is 48.8. The minimum atomic E-state index is -2.20. The largest absolute Gasteiger partial charge is 0.508 e. The quantitative estimate of drug-likeness (QED) is 0.0448. The van der Waals surface area contributed by atoms with Gasteiger partial charge in [-0.3, -0.25) is 33.6 Å². The van der Waals surface area contributed by atoms with Gasteiger partial charge in [-0.25, -0.2) is 4.79 Å². The molecule has 524 valence electrons. The van der Waals surface area contributed by atoms with Crippen LogP contribution in [0, 0.1) is 12.8 Å². The van der Waals surface area contributed by atoms with Crippen molar-refractivity contribution in [2.75, 3.05) is 7.11 Å². The van der Waals surface area contributed by atoms with Gasteiger partial charge in [0.2, 0.25) is 41.2 Å². The van der Waals surface area contributed by atoms with Crippen LogP contribution in [0.2, 0.25) is 0 Å². The summed E-state index contributed by atoms with van der Waals surface area (Å²) in [7, 11) is 0.970. The van der Waals surface area contributed by atoms with E-state index < -0.39 is 153 Å². The monoisotopic (exact) mass is 1390 g/mol. The Morgan fingerprint density at radius 3 is 1.65 bits per heavy atom. The number of amides is 7. The number of methoxy groups -OCH3 is 1. The van der Waals surface area contributed by atoms with Gasteiger partial charge in [0.15, 0.2) is 29.0 Å². The lowest BCUT2D eigenvalue weighted by Crippen LogP contribution is -2.56. The first-order valence-electron chi connectivity index (χ1n) is 31.8. The van der Waals surface area contributed by atoms with Crippen molar-refractivity contribution in [2.45, 2.75) is 88.3 Å². The number of phenols is 6. The molecule has 0 unspecified atom stereocenters. The maximum atomic E-state index is 16.0. The molecule has 9 atom stereocenters. The molecule has 6 aliphatic rings. The number of hydrogen-bond donors (Lipinski definition) is 15. The Balaban J connectivity index is 1.02. The second kappa shape index (κ2) is 28.5. The van der Waals surface area contributed by atoms with Crippen molar-refractivity contribution in [3.63, 3.8) is 0 Å². The molecule has 0 spiro atoms. The summed E-state index contributed by atoms with van der Waals surface area (Å²) in [6.45, 7) is 4.98. The summed E-state index contributed by atoms with van der Waals surface area (Å²) in [5.41, 5.74) is -1.67. The molecule has 0 saturated heterocycles. The summed E-state index contributed by atoms with van der Waals surface area (Å²) in [6, 6.07) is 18.0. The first-order valence-corrected chi connectivity index (χ1v) is 31.8. The number of phenolic OH excluding ortho intramolecular Hbond substituents is 6. The molecule has 0 aromatic heterocycles. The van der Waals surface area contributed by atoms with E-state index in [4.69, 9.17) is 23.8 Å². The zero-order valence-electron chi connectivity index (χ0n) is 54.5. The van der Waals surface area contributed by atoms with Crippen LogP contribution in [0.1, 0.15) is 113 Å². The minimum Gasteiger partial charge on any atom is -0.508 e. The van der Waals surface area contributed by atoms with Crippen LogP contribution in [0.25, 0.3) is 11.1 Å². The molecule has 17 bridgehead atoms.